The standard InChI is InChI=1S/C19H21N7O/c1-20-19(22-12-17-25-24-16-8-4-5-9-26(16)17)21-11-13-10-18(27)23-15-7-3-2-6-14(13)15/h2-9,13H,10-12H2,1H3,(H,23,27)(H2,20,21,22). The van der Waals surface area contributed by atoms with Gasteiger partial charge >= 0.3 is 0 Å². The number of nitrogens with one attached hydrogen (secondary N) is 3. The number of aromatic nitrogens is 3. The normalized spacial score (nSPS) is 16.7. The van der Waals surface area contributed by atoms with E-state index in [1.165, 1.54) is 0 Å². The number of pyridine rings is 1. The second kappa shape index (κ2) is 7.45. The minimum absolute atomic E-state index is 0.0402. The second-order valence-electron chi connectivity index (χ2n) is 6.39. The van der Waals surface area contributed by atoms with Crippen LogP contribution >= 0.6 is 0 Å². The molecule has 4 rings (SSSR count). The van der Waals surface area contributed by atoms with Crippen molar-refractivity contribution >= 4 is 23.2 Å². The van der Waals surface area contributed by atoms with Gasteiger partial charge < -0.3 is 16.0 Å². The lowest BCUT2D eigenvalue weighted by atomic mass is 9.90. The van der Waals surface area contributed by atoms with E-state index in [-0.39, 0.29) is 11.8 Å². The van der Waals surface area contributed by atoms with Gasteiger partial charge in [-0.25, -0.2) is 0 Å². The molecule has 1 atom stereocenters. The summed E-state index contributed by atoms with van der Waals surface area (Å²) in [5.74, 6) is 1.60. The van der Waals surface area contributed by atoms with E-state index < -0.39 is 0 Å². The van der Waals surface area contributed by atoms with E-state index in [1.807, 2.05) is 47.0 Å². The minimum atomic E-state index is 0.0402. The average Bonchev–Trinajstić information content (AvgIpc) is 3.11. The van der Waals surface area contributed by atoms with Crippen LogP contribution in [0.5, 0.6) is 0 Å². The van der Waals surface area contributed by atoms with Gasteiger partial charge in [-0.2, -0.15) is 0 Å². The van der Waals surface area contributed by atoms with Crippen molar-refractivity contribution in [3.8, 4) is 0 Å². The number of anilines is 1. The number of hydrogen-bond donors (Lipinski definition) is 3. The Morgan fingerprint density at radius 1 is 1.22 bits per heavy atom. The number of carbonyl (C=O) groups is 1. The Hall–Kier alpha value is -3.42. The summed E-state index contributed by atoms with van der Waals surface area (Å²) in [6, 6.07) is 13.7. The number of amides is 1. The number of guanidine groups is 1. The highest BCUT2D eigenvalue weighted by molar-refractivity contribution is 5.94. The van der Waals surface area contributed by atoms with Crippen LogP contribution in [0.4, 0.5) is 5.69 Å². The third-order valence-electron chi connectivity index (χ3n) is 4.64. The Bertz CT molecular complexity index is 994. The number of benzene rings is 1. The van der Waals surface area contributed by atoms with E-state index in [2.05, 4.69) is 37.2 Å². The van der Waals surface area contributed by atoms with Gasteiger partial charge in [-0.15, -0.1) is 10.2 Å². The number of aliphatic imine (C=N–C) groups is 1. The zero-order chi connectivity index (χ0) is 18.6. The molecule has 1 aliphatic rings. The third kappa shape index (κ3) is 3.59. The first-order valence-corrected chi connectivity index (χ1v) is 8.86. The van der Waals surface area contributed by atoms with Crippen LogP contribution in [0, 0.1) is 0 Å². The number of hydrogen-bond acceptors (Lipinski definition) is 4. The van der Waals surface area contributed by atoms with Gasteiger partial charge in [0.15, 0.2) is 17.4 Å². The molecular weight excluding hydrogens is 342 g/mol. The molecule has 8 nitrogen and oxygen atoms in total. The molecule has 1 aliphatic heterocycles. The summed E-state index contributed by atoms with van der Waals surface area (Å²) < 4.78 is 1.93. The predicted molar refractivity (Wildman–Crippen MR) is 104 cm³/mol. The zero-order valence-corrected chi connectivity index (χ0v) is 15.0. The fraction of sp³-hybridized carbons (Fsp3) is 0.263. The summed E-state index contributed by atoms with van der Waals surface area (Å²) in [6.07, 6.45) is 2.38. The van der Waals surface area contributed by atoms with Crippen molar-refractivity contribution in [2.45, 2.75) is 18.9 Å². The van der Waals surface area contributed by atoms with Crippen LogP contribution in [-0.4, -0.2) is 40.1 Å². The summed E-state index contributed by atoms with van der Waals surface area (Å²) in [7, 11) is 1.72. The Kier molecular flexibility index (Phi) is 4.69. The molecule has 27 heavy (non-hydrogen) atoms. The molecule has 0 bridgehead atoms. The maximum Gasteiger partial charge on any atom is 0.225 e. The third-order valence-corrected chi connectivity index (χ3v) is 4.64. The molecule has 3 N–H and O–H groups in total. The predicted octanol–water partition coefficient (Wildman–Crippen LogP) is 1.52. The molecule has 8 heteroatoms. The van der Waals surface area contributed by atoms with E-state index in [9.17, 15) is 4.79 Å². The highest BCUT2D eigenvalue weighted by atomic mass is 16.1. The highest BCUT2D eigenvalue weighted by Crippen LogP contribution is 2.31. The summed E-state index contributed by atoms with van der Waals surface area (Å²) in [5, 5.41) is 17.8. The summed E-state index contributed by atoms with van der Waals surface area (Å²) in [6.45, 7) is 1.11. The van der Waals surface area contributed by atoms with Crippen molar-refractivity contribution in [3.05, 3.63) is 60.0 Å². The van der Waals surface area contributed by atoms with E-state index in [1.54, 1.807) is 7.05 Å². The van der Waals surface area contributed by atoms with Gasteiger partial charge in [-0.05, 0) is 23.8 Å². The monoisotopic (exact) mass is 363 g/mol. The summed E-state index contributed by atoms with van der Waals surface area (Å²) in [5.41, 5.74) is 2.84. The van der Waals surface area contributed by atoms with Crippen LogP contribution in [0.3, 0.4) is 0 Å². The maximum absolute atomic E-state index is 12.0. The fourth-order valence-corrected chi connectivity index (χ4v) is 3.30. The van der Waals surface area contributed by atoms with Crippen molar-refractivity contribution in [2.75, 3.05) is 18.9 Å². The minimum Gasteiger partial charge on any atom is -0.356 e. The Morgan fingerprint density at radius 2 is 2.07 bits per heavy atom. The van der Waals surface area contributed by atoms with Crippen LogP contribution in [0.15, 0.2) is 53.7 Å². The smallest absolute Gasteiger partial charge is 0.225 e. The second-order valence-corrected chi connectivity index (χ2v) is 6.39. The van der Waals surface area contributed by atoms with Crippen molar-refractivity contribution in [3.63, 3.8) is 0 Å². The van der Waals surface area contributed by atoms with E-state index in [0.29, 0.717) is 25.5 Å². The van der Waals surface area contributed by atoms with E-state index in [4.69, 9.17) is 0 Å². The quantitative estimate of drug-likeness (QED) is 0.482. The molecule has 0 radical (unpaired) electrons. The lowest BCUT2D eigenvalue weighted by Gasteiger charge is -2.26. The first-order valence-electron chi connectivity index (χ1n) is 8.86. The lowest BCUT2D eigenvalue weighted by Crippen LogP contribution is -2.40. The molecule has 3 aromatic rings. The largest absolute Gasteiger partial charge is 0.356 e. The van der Waals surface area contributed by atoms with Gasteiger partial charge in [0.1, 0.15) is 0 Å². The van der Waals surface area contributed by atoms with Crippen molar-refractivity contribution in [1.82, 2.24) is 25.2 Å². The van der Waals surface area contributed by atoms with Gasteiger partial charge in [0.2, 0.25) is 5.91 Å². The molecule has 1 amide bonds. The molecule has 1 unspecified atom stereocenters. The van der Waals surface area contributed by atoms with E-state index >= 15 is 0 Å². The Labute approximate surface area is 156 Å². The van der Waals surface area contributed by atoms with Crippen molar-refractivity contribution in [1.29, 1.82) is 0 Å². The maximum atomic E-state index is 12.0. The first kappa shape index (κ1) is 17.0. The number of rotatable bonds is 4. The highest BCUT2D eigenvalue weighted by Gasteiger charge is 2.24. The van der Waals surface area contributed by atoms with Gasteiger partial charge in [0.25, 0.3) is 0 Å². The number of nitrogens with zero attached hydrogens (tertiary/aromatic N) is 4. The molecule has 0 spiro atoms. The molecule has 0 saturated carbocycles. The Balaban J connectivity index is 1.39. The lowest BCUT2D eigenvalue weighted by molar-refractivity contribution is -0.116. The van der Waals surface area contributed by atoms with Gasteiger partial charge in [0.05, 0.1) is 6.54 Å². The molecule has 1 aromatic carbocycles. The Morgan fingerprint density at radius 3 is 2.96 bits per heavy atom. The number of para-hydroxylation sites is 1. The molecule has 0 aliphatic carbocycles. The van der Waals surface area contributed by atoms with Crippen LogP contribution < -0.4 is 16.0 Å². The number of fused-ring (bicyclic) bond motifs is 2. The van der Waals surface area contributed by atoms with E-state index in [0.717, 1.165) is 22.7 Å². The van der Waals surface area contributed by atoms with Crippen LogP contribution in [-0.2, 0) is 11.3 Å². The number of carbonyl (C=O) groups excluding carboxylic acids is 1. The van der Waals surface area contributed by atoms with Crippen LogP contribution in [0.1, 0.15) is 23.7 Å². The average molecular weight is 363 g/mol. The molecule has 0 fully saturated rings. The fourth-order valence-electron chi connectivity index (χ4n) is 3.30. The molecule has 138 valence electrons. The van der Waals surface area contributed by atoms with Gasteiger partial charge in [-0.1, -0.05) is 24.3 Å². The van der Waals surface area contributed by atoms with Gasteiger partial charge in [0, 0.05) is 37.8 Å². The SMILES string of the molecule is CN=C(NCc1nnc2ccccn12)NCC1CC(=O)Nc2ccccc21. The van der Waals surface area contributed by atoms with Crippen molar-refractivity contribution < 1.29 is 4.79 Å². The van der Waals surface area contributed by atoms with Crippen LogP contribution in [0.25, 0.3) is 5.65 Å². The van der Waals surface area contributed by atoms with Gasteiger partial charge in [-0.3, -0.25) is 14.2 Å². The molecule has 2 aromatic heterocycles. The van der Waals surface area contributed by atoms with Crippen molar-refractivity contribution in [2.24, 2.45) is 4.99 Å². The summed E-state index contributed by atoms with van der Waals surface area (Å²) >= 11 is 0. The zero-order valence-electron chi connectivity index (χ0n) is 15.0. The topological polar surface area (TPSA) is 95.7 Å². The van der Waals surface area contributed by atoms with Crippen LogP contribution in [0.2, 0.25) is 0 Å². The molecule has 3 heterocycles. The molecule has 0 saturated heterocycles. The summed E-state index contributed by atoms with van der Waals surface area (Å²) in [4.78, 5) is 16.2. The molecular formula is C19H21N7O. The first-order chi connectivity index (χ1) is 13.2.